The lowest BCUT2D eigenvalue weighted by Crippen LogP contribution is -2.35. The molecule has 0 aliphatic carbocycles. The van der Waals surface area contributed by atoms with Gasteiger partial charge in [-0.05, 0) is 25.0 Å². The van der Waals surface area contributed by atoms with Crippen LogP contribution in [0.4, 0.5) is 5.69 Å². The number of para-hydroxylation sites is 1. The molecule has 4 nitrogen and oxygen atoms in total. The van der Waals surface area contributed by atoms with Gasteiger partial charge in [0.15, 0.2) is 11.6 Å². The Kier molecular flexibility index (Phi) is 2.44. The Morgan fingerprint density at radius 2 is 2.22 bits per heavy atom. The second-order valence-electron chi connectivity index (χ2n) is 4.61. The molecule has 1 aromatic heterocycles. The van der Waals surface area contributed by atoms with Crippen molar-refractivity contribution in [2.75, 3.05) is 4.90 Å². The van der Waals surface area contributed by atoms with E-state index in [1.807, 2.05) is 25.1 Å². The normalized spacial score (nSPS) is 17.9. The van der Waals surface area contributed by atoms with E-state index in [0.29, 0.717) is 11.6 Å². The van der Waals surface area contributed by atoms with E-state index in [9.17, 15) is 4.79 Å². The molecule has 0 fully saturated rings. The maximum Gasteiger partial charge on any atom is 0.280 e. The van der Waals surface area contributed by atoms with Gasteiger partial charge in [0.1, 0.15) is 6.26 Å². The number of rotatable bonds is 1. The average Bonchev–Trinajstić information content (AvgIpc) is 2.91. The molecule has 1 amide bonds. The first kappa shape index (κ1) is 11.0. The minimum Gasteiger partial charge on any atom is -0.448 e. The van der Waals surface area contributed by atoms with Crippen molar-refractivity contribution >= 4 is 11.6 Å². The second kappa shape index (κ2) is 3.98. The van der Waals surface area contributed by atoms with Gasteiger partial charge >= 0.3 is 0 Å². The molecule has 1 aromatic carbocycles. The van der Waals surface area contributed by atoms with Gasteiger partial charge in [-0.2, -0.15) is 0 Å². The third-order valence-electron chi connectivity index (χ3n) is 3.26. The lowest BCUT2D eigenvalue weighted by atomic mass is 10.1. The van der Waals surface area contributed by atoms with Crippen molar-refractivity contribution in [1.82, 2.24) is 4.98 Å². The third kappa shape index (κ3) is 1.61. The van der Waals surface area contributed by atoms with Crippen LogP contribution >= 0.6 is 0 Å². The molecule has 0 spiro atoms. The van der Waals surface area contributed by atoms with Gasteiger partial charge in [0.05, 0.1) is 0 Å². The first-order valence-electron chi connectivity index (χ1n) is 6.00. The Balaban J connectivity index is 2.00. The maximum absolute atomic E-state index is 12.4. The molecule has 4 heteroatoms. The van der Waals surface area contributed by atoms with Crippen LogP contribution in [0.25, 0.3) is 0 Å². The van der Waals surface area contributed by atoms with Crippen molar-refractivity contribution in [3.05, 3.63) is 47.7 Å². The number of aromatic nitrogens is 1. The molecule has 0 unspecified atom stereocenters. The third-order valence-corrected chi connectivity index (χ3v) is 3.26. The summed E-state index contributed by atoms with van der Waals surface area (Å²) in [5.41, 5.74) is 2.56. The molecule has 0 bridgehead atoms. The van der Waals surface area contributed by atoms with E-state index in [1.54, 1.807) is 11.8 Å². The van der Waals surface area contributed by atoms with E-state index >= 15 is 0 Å². The zero-order chi connectivity index (χ0) is 12.7. The lowest BCUT2D eigenvalue weighted by Gasteiger charge is -2.21. The van der Waals surface area contributed by atoms with Crippen molar-refractivity contribution in [2.45, 2.75) is 26.3 Å². The molecule has 1 aliphatic rings. The Morgan fingerprint density at radius 1 is 1.44 bits per heavy atom. The van der Waals surface area contributed by atoms with Crippen molar-refractivity contribution in [3.63, 3.8) is 0 Å². The maximum atomic E-state index is 12.4. The number of fused-ring (bicyclic) bond motifs is 1. The predicted molar refractivity (Wildman–Crippen MR) is 67.7 cm³/mol. The van der Waals surface area contributed by atoms with Crippen LogP contribution in [0.2, 0.25) is 0 Å². The molecular weight excluding hydrogens is 228 g/mol. The molecule has 0 saturated heterocycles. The van der Waals surface area contributed by atoms with E-state index in [4.69, 9.17) is 4.42 Å². The van der Waals surface area contributed by atoms with Crippen molar-refractivity contribution < 1.29 is 9.21 Å². The van der Waals surface area contributed by atoms with Gasteiger partial charge in [-0.3, -0.25) is 4.79 Å². The summed E-state index contributed by atoms with van der Waals surface area (Å²) in [6, 6.07) is 8.15. The SMILES string of the molecule is Cc1nc(C(=O)N2c3ccccc3C[C@H]2C)co1. The van der Waals surface area contributed by atoms with Gasteiger partial charge in [0.25, 0.3) is 5.91 Å². The highest BCUT2D eigenvalue weighted by Gasteiger charge is 2.32. The van der Waals surface area contributed by atoms with E-state index in [1.165, 1.54) is 11.8 Å². The van der Waals surface area contributed by atoms with Crippen molar-refractivity contribution in [2.24, 2.45) is 0 Å². The second-order valence-corrected chi connectivity index (χ2v) is 4.61. The molecule has 0 N–H and O–H groups in total. The topological polar surface area (TPSA) is 46.3 Å². The Morgan fingerprint density at radius 3 is 2.94 bits per heavy atom. The van der Waals surface area contributed by atoms with Gasteiger partial charge in [0.2, 0.25) is 0 Å². The number of nitrogens with zero attached hydrogens (tertiary/aromatic N) is 2. The van der Waals surface area contributed by atoms with Crippen LogP contribution < -0.4 is 4.90 Å². The highest BCUT2D eigenvalue weighted by Crippen LogP contribution is 2.32. The highest BCUT2D eigenvalue weighted by atomic mass is 16.3. The number of hydrogen-bond donors (Lipinski definition) is 0. The molecule has 1 atom stereocenters. The predicted octanol–water partition coefficient (Wildman–Crippen LogP) is 2.57. The van der Waals surface area contributed by atoms with Crippen LogP contribution in [0, 0.1) is 6.92 Å². The summed E-state index contributed by atoms with van der Waals surface area (Å²) >= 11 is 0. The first-order chi connectivity index (χ1) is 8.66. The van der Waals surface area contributed by atoms with Crippen LogP contribution in [0.3, 0.4) is 0 Å². The van der Waals surface area contributed by atoms with Crippen LogP contribution in [0.5, 0.6) is 0 Å². The van der Waals surface area contributed by atoms with E-state index in [0.717, 1.165) is 12.1 Å². The lowest BCUT2D eigenvalue weighted by molar-refractivity contribution is 0.0976. The number of anilines is 1. The van der Waals surface area contributed by atoms with Gasteiger partial charge < -0.3 is 9.32 Å². The van der Waals surface area contributed by atoms with Crippen LogP contribution in [0.15, 0.2) is 34.9 Å². The Labute approximate surface area is 105 Å². The molecular formula is C14H14N2O2. The summed E-state index contributed by atoms with van der Waals surface area (Å²) < 4.78 is 5.11. The first-order valence-corrected chi connectivity index (χ1v) is 6.00. The number of oxazole rings is 1. The quantitative estimate of drug-likeness (QED) is 0.772. The van der Waals surface area contributed by atoms with E-state index < -0.39 is 0 Å². The molecule has 1 aliphatic heterocycles. The fourth-order valence-electron chi connectivity index (χ4n) is 2.46. The van der Waals surface area contributed by atoms with Gasteiger partial charge in [-0.15, -0.1) is 0 Å². The molecule has 2 aromatic rings. The average molecular weight is 242 g/mol. The monoisotopic (exact) mass is 242 g/mol. The van der Waals surface area contributed by atoms with Crippen molar-refractivity contribution in [1.29, 1.82) is 0 Å². The highest BCUT2D eigenvalue weighted by molar-refractivity contribution is 6.06. The zero-order valence-corrected chi connectivity index (χ0v) is 10.4. The van der Waals surface area contributed by atoms with Crippen LogP contribution in [0.1, 0.15) is 28.9 Å². The van der Waals surface area contributed by atoms with Crippen LogP contribution in [-0.4, -0.2) is 16.9 Å². The number of carbonyl (C=O) groups is 1. The smallest absolute Gasteiger partial charge is 0.280 e. The van der Waals surface area contributed by atoms with E-state index in [-0.39, 0.29) is 11.9 Å². The largest absolute Gasteiger partial charge is 0.448 e. The Bertz CT molecular complexity index is 603. The van der Waals surface area contributed by atoms with Gasteiger partial charge in [0, 0.05) is 18.7 Å². The number of aryl methyl sites for hydroxylation is 1. The Hall–Kier alpha value is -2.10. The zero-order valence-electron chi connectivity index (χ0n) is 10.4. The standard InChI is InChI=1S/C14H14N2O2/c1-9-7-11-5-3-4-6-13(11)16(9)14(17)12-8-18-10(2)15-12/h3-6,8-9H,7H2,1-2H3/t9-/m1/s1. The number of hydrogen-bond acceptors (Lipinski definition) is 3. The molecule has 3 rings (SSSR count). The minimum absolute atomic E-state index is 0.0932. The summed E-state index contributed by atoms with van der Waals surface area (Å²) in [4.78, 5) is 18.3. The fourth-order valence-corrected chi connectivity index (χ4v) is 2.46. The van der Waals surface area contributed by atoms with Crippen molar-refractivity contribution in [3.8, 4) is 0 Å². The number of carbonyl (C=O) groups excluding carboxylic acids is 1. The van der Waals surface area contributed by atoms with Gasteiger partial charge in [-0.25, -0.2) is 4.98 Å². The summed E-state index contributed by atoms with van der Waals surface area (Å²) in [6.45, 7) is 3.78. The number of benzene rings is 1. The summed E-state index contributed by atoms with van der Waals surface area (Å²) in [5, 5.41) is 0. The summed E-state index contributed by atoms with van der Waals surface area (Å²) in [7, 11) is 0. The van der Waals surface area contributed by atoms with E-state index in [2.05, 4.69) is 11.1 Å². The molecule has 92 valence electrons. The summed E-state index contributed by atoms with van der Waals surface area (Å²) in [5.74, 6) is 0.419. The fraction of sp³-hybridized carbons (Fsp3) is 0.286. The summed E-state index contributed by atoms with van der Waals surface area (Å²) in [6.07, 6.45) is 2.31. The van der Waals surface area contributed by atoms with Gasteiger partial charge in [-0.1, -0.05) is 18.2 Å². The molecule has 2 heterocycles. The molecule has 0 radical (unpaired) electrons. The molecule has 18 heavy (non-hydrogen) atoms. The minimum atomic E-state index is -0.0932. The number of amides is 1. The molecule has 0 saturated carbocycles. The van der Waals surface area contributed by atoms with Crippen LogP contribution in [-0.2, 0) is 6.42 Å².